The molecule has 0 bridgehead atoms. The number of aromatic nitrogens is 1. The molecule has 1 saturated heterocycles. The van der Waals surface area contributed by atoms with Crippen LogP contribution < -0.4 is 10.2 Å². The van der Waals surface area contributed by atoms with E-state index in [1.807, 2.05) is 6.07 Å². The summed E-state index contributed by atoms with van der Waals surface area (Å²) in [5.41, 5.74) is 1.51. The molecule has 1 aromatic carbocycles. The Kier molecular flexibility index (Phi) is 4.18. The van der Waals surface area contributed by atoms with E-state index >= 15 is 0 Å². The van der Waals surface area contributed by atoms with Crippen molar-refractivity contribution in [3.05, 3.63) is 58.9 Å². The Bertz CT molecular complexity index is 703. The van der Waals surface area contributed by atoms with Crippen molar-refractivity contribution in [3.8, 4) is 0 Å². The summed E-state index contributed by atoms with van der Waals surface area (Å²) in [6.45, 7) is 0.670. The lowest BCUT2D eigenvalue weighted by molar-refractivity contribution is -0.384. The molecule has 0 saturated carbocycles. The van der Waals surface area contributed by atoms with Gasteiger partial charge in [-0.15, -0.1) is 0 Å². The van der Waals surface area contributed by atoms with Gasteiger partial charge in [0.2, 0.25) is 5.91 Å². The highest BCUT2D eigenvalue weighted by molar-refractivity contribution is 5.99. The van der Waals surface area contributed by atoms with Gasteiger partial charge in [-0.25, -0.2) is 0 Å². The third-order valence-corrected chi connectivity index (χ3v) is 3.82. The highest BCUT2D eigenvalue weighted by Crippen LogP contribution is 2.23. The van der Waals surface area contributed by atoms with Gasteiger partial charge in [0.05, 0.1) is 16.8 Å². The first-order valence-electron chi connectivity index (χ1n) is 7.37. The molecule has 1 fully saturated rings. The van der Waals surface area contributed by atoms with E-state index in [1.165, 1.54) is 12.1 Å². The van der Waals surface area contributed by atoms with Crippen molar-refractivity contribution in [2.45, 2.75) is 18.9 Å². The number of hydrogen-bond acceptors (Lipinski definition) is 5. The quantitative estimate of drug-likeness (QED) is 0.692. The zero-order valence-electron chi connectivity index (χ0n) is 12.4. The standard InChI is InChI=1S/C16H16N4O3/c21-16-15(18-12-5-7-13(8-6-12)20(22)23)4-2-10-19(16)14-3-1-9-17-11-14/h1,3,5-9,11,15,18H,2,4,10H2/t15-/m0/s1. The second-order valence-electron chi connectivity index (χ2n) is 5.34. The van der Waals surface area contributed by atoms with E-state index in [9.17, 15) is 14.9 Å². The number of rotatable bonds is 4. The molecule has 2 heterocycles. The lowest BCUT2D eigenvalue weighted by Gasteiger charge is -2.32. The molecule has 1 aliphatic rings. The van der Waals surface area contributed by atoms with Crippen LogP contribution >= 0.6 is 0 Å². The maximum absolute atomic E-state index is 12.6. The van der Waals surface area contributed by atoms with E-state index in [0.717, 1.165) is 18.5 Å². The number of carbonyl (C=O) groups excluding carboxylic acids is 1. The second kappa shape index (κ2) is 6.43. The summed E-state index contributed by atoms with van der Waals surface area (Å²) in [5, 5.41) is 13.8. The molecule has 23 heavy (non-hydrogen) atoms. The topological polar surface area (TPSA) is 88.4 Å². The number of nitrogens with one attached hydrogen (secondary N) is 1. The Morgan fingerprint density at radius 3 is 2.70 bits per heavy atom. The first kappa shape index (κ1) is 15.0. The Labute approximate surface area is 133 Å². The zero-order valence-corrected chi connectivity index (χ0v) is 12.4. The van der Waals surface area contributed by atoms with Crippen LogP contribution in [0.3, 0.4) is 0 Å². The summed E-state index contributed by atoms with van der Waals surface area (Å²) >= 11 is 0. The van der Waals surface area contributed by atoms with E-state index < -0.39 is 4.92 Å². The van der Waals surface area contributed by atoms with Crippen LogP contribution in [0.2, 0.25) is 0 Å². The smallest absolute Gasteiger partial charge is 0.269 e. The molecular weight excluding hydrogens is 296 g/mol. The normalized spacial score (nSPS) is 17.8. The molecule has 0 radical (unpaired) electrons. The number of piperidine rings is 1. The summed E-state index contributed by atoms with van der Waals surface area (Å²) in [7, 11) is 0. The molecule has 1 aliphatic heterocycles. The average molecular weight is 312 g/mol. The number of pyridine rings is 1. The third kappa shape index (κ3) is 3.28. The van der Waals surface area contributed by atoms with E-state index in [-0.39, 0.29) is 17.6 Å². The largest absolute Gasteiger partial charge is 0.374 e. The molecule has 0 aliphatic carbocycles. The van der Waals surface area contributed by atoms with Gasteiger partial charge in [0.15, 0.2) is 0 Å². The second-order valence-corrected chi connectivity index (χ2v) is 5.34. The molecule has 1 atom stereocenters. The van der Waals surface area contributed by atoms with Crippen LogP contribution in [0, 0.1) is 10.1 Å². The number of hydrogen-bond donors (Lipinski definition) is 1. The number of nitrogens with zero attached hydrogens (tertiary/aromatic N) is 3. The zero-order chi connectivity index (χ0) is 16.2. The van der Waals surface area contributed by atoms with Crippen LogP contribution in [0.25, 0.3) is 0 Å². The van der Waals surface area contributed by atoms with Gasteiger partial charge in [-0.3, -0.25) is 19.9 Å². The molecule has 1 aromatic heterocycles. The van der Waals surface area contributed by atoms with E-state index in [4.69, 9.17) is 0 Å². The molecule has 3 rings (SSSR count). The van der Waals surface area contributed by atoms with Crippen molar-refractivity contribution in [3.63, 3.8) is 0 Å². The summed E-state index contributed by atoms with van der Waals surface area (Å²) in [6, 6.07) is 9.41. The van der Waals surface area contributed by atoms with Crippen LogP contribution in [0.5, 0.6) is 0 Å². The van der Waals surface area contributed by atoms with Gasteiger partial charge in [-0.1, -0.05) is 0 Å². The third-order valence-electron chi connectivity index (χ3n) is 3.82. The van der Waals surface area contributed by atoms with Gasteiger partial charge in [0.25, 0.3) is 5.69 Å². The van der Waals surface area contributed by atoms with Gasteiger partial charge < -0.3 is 10.2 Å². The minimum atomic E-state index is -0.445. The Balaban J connectivity index is 1.72. The fraction of sp³-hybridized carbons (Fsp3) is 0.250. The molecule has 1 amide bonds. The minimum absolute atomic E-state index is 0.0115. The molecule has 0 spiro atoms. The van der Waals surface area contributed by atoms with E-state index in [1.54, 1.807) is 35.5 Å². The highest BCUT2D eigenvalue weighted by atomic mass is 16.6. The summed E-state index contributed by atoms with van der Waals surface area (Å²) in [4.78, 5) is 28.6. The van der Waals surface area contributed by atoms with Crippen molar-refractivity contribution < 1.29 is 9.72 Å². The average Bonchev–Trinajstić information content (AvgIpc) is 2.58. The minimum Gasteiger partial charge on any atom is -0.374 e. The fourth-order valence-corrected chi connectivity index (χ4v) is 2.66. The number of anilines is 2. The molecule has 7 nitrogen and oxygen atoms in total. The van der Waals surface area contributed by atoms with Crippen molar-refractivity contribution >= 4 is 23.0 Å². The molecule has 2 aromatic rings. The van der Waals surface area contributed by atoms with Crippen LogP contribution in [-0.4, -0.2) is 28.4 Å². The summed E-state index contributed by atoms with van der Waals surface area (Å²) in [6.07, 6.45) is 4.95. The molecule has 1 N–H and O–H groups in total. The number of carbonyl (C=O) groups is 1. The van der Waals surface area contributed by atoms with Crippen LogP contribution in [0.4, 0.5) is 17.1 Å². The summed E-state index contributed by atoms with van der Waals surface area (Å²) < 4.78 is 0. The Hall–Kier alpha value is -2.96. The molecule has 7 heteroatoms. The van der Waals surface area contributed by atoms with Gasteiger partial charge in [-0.05, 0) is 37.1 Å². The number of nitro groups is 1. The lowest BCUT2D eigenvalue weighted by Crippen LogP contribution is -2.47. The van der Waals surface area contributed by atoms with Gasteiger partial charge in [-0.2, -0.15) is 0 Å². The van der Waals surface area contributed by atoms with Crippen molar-refractivity contribution in [1.82, 2.24) is 4.98 Å². The van der Waals surface area contributed by atoms with Gasteiger partial charge >= 0.3 is 0 Å². The Morgan fingerprint density at radius 2 is 2.04 bits per heavy atom. The first-order chi connectivity index (χ1) is 11.1. The van der Waals surface area contributed by atoms with Crippen LogP contribution in [0.1, 0.15) is 12.8 Å². The monoisotopic (exact) mass is 312 g/mol. The van der Waals surface area contributed by atoms with Gasteiger partial charge in [0, 0.05) is 30.6 Å². The molecule has 118 valence electrons. The number of amides is 1. The van der Waals surface area contributed by atoms with Crippen LogP contribution in [0.15, 0.2) is 48.8 Å². The van der Waals surface area contributed by atoms with Gasteiger partial charge in [0.1, 0.15) is 6.04 Å². The van der Waals surface area contributed by atoms with Crippen molar-refractivity contribution in [1.29, 1.82) is 0 Å². The number of nitro benzene ring substituents is 1. The van der Waals surface area contributed by atoms with Crippen molar-refractivity contribution in [2.75, 3.05) is 16.8 Å². The molecule has 0 unspecified atom stereocenters. The highest BCUT2D eigenvalue weighted by Gasteiger charge is 2.29. The molecular formula is C16H16N4O3. The predicted octanol–water partition coefficient (Wildman–Crippen LogP) is 2.60. The van der Waals surface area contributed by atoms with Crippen LogP contribution in [-0.2, 0) is 4.79 Å². The number of benzene rings is 1. The van der Waals surface area contributed by atoms with E-state index in [2.05, 4.69) is 10.3 Å². The lowest BCUT2D eigenvalue weighted by atomic mass is 10.0. The fourth-order valence-electron chi connectivity index (χ4n) is 2.66. The number of non-ortho nitro benzene ring substituents is 1. The van der Waals surface area contributed by atoms with E-state index in [0.29, 0.717) is 12.2 Å². The maximum atomic E-state index is 12.6. The van der Waals surface area contributed by atoms with Crippen molar-refractivity contribution in [2.24, 2.45) is 0 Å². The SMILES string of the molecule is O=C1[C@@H](Nc2ccc([N+](=O)[O-])cc2)CCCN1c1cccnc1. The summed E-state index contributed by atoms with van der Waals surface area (Å²) in [5.74, 6) is -0.0115. The maximum Gasteiger partial charge on any atom is 0.269 e. The predicted molar refractivity (Wildman–Crippen MR) is 86.3 cm³/mol. The first-order valence-corrected chi connectivity index (χ1v) is 7.37. The Morgan fingerprint density at radius 1 is 1.26 bits per heavy atom.